The van der Waals surface area contributed by atoms with Gasteiger partial charge in [0.25, 0.3) is 0 Å². The van der Waals surface area contributed by atoms with E-state index in [0.717, 1.165) is 18.4 Å². The quantitative estimate of drug-likeness (QED) is 0.795. The molecule has 0 amide bonds. The van der Waals surface area contributed by atoms with Gasteiger partial charge in [-0.05, 0) is 30.4 Å². The maximum Gasteiger partial charge on any atom is 0.241 e. The van der Waals surface area contributed by atoms with Gasteiger partial charge in [0.15, 0.2) is 0 Å². The molecule has 1 spiro atoms. The van der Waals surface area contributed by atoms with E-state index in [1.54, 1.807) is 12.1 Å². The van der Waals surface area contributed by atoms with E-state index in [1.807, 2.05) is 36.4 Å². The summed E-state index contributed by atoms with van der Waals surface area (Å²) in [6.07, 6.45) is 2.12. The van der Waals surface area contributed by atoms with Crippen molar-refractivity contribution < 1.29 is 17.2 Å². The molecule has 0 aromatic heterocycles. The molecule has 2 aromatic rings. The highest BCUT2D eigenvalue weighted by atomic mass is 32.2. The van der Waals surface area contributed by atoms with Gasteiger partial charge in [0.05, 0.1) is 0 Å². The van der Waals surface area contributed by atoms with Crippen molar-refractivity contribution in [2.45, 2.75) is 31.3 Å². The van der Waals surface area contributed by atoms with Crippen LogP contribution in [0.3, 0.4) is 0 Å². The summed E-state index contributed by atoms with van der Waals surface area (Å²) in [7, 11) is -3.97. The Hall–Kier alpha value is -1.83. The van der Waals surface area contributed by atoms with Crippen LogP contribution in [0.5, 0.6) is 0 Å². The number of hydrogen-bond acceptors (Lipinski definition) is 3. The van der Waals surface area contributed by atoms with Crippen LogP contribution < -0.4 is 10.0 Å². The number of sulfonamides is 1. The first-order valence-electron chi connectivity index (χ1n) is 9.06. The van der Waals surface area contributed by atoms with E-state index in [1.165, 1.54) is 0 Å². The average Bonchev–Trinajstić information content (AvgIpc) is 3.39. The van der Waals surface area contributed by atoms with Crippen molar-refractivity contribution in [2.24, 2.45) is 5.41 Å². The SMILES string of the molecule is O=S(=O)(CF)N[C@@H]1[C@H](Cc2cccc(-c3ccccc3)c2F)NCC12CC2. The number of hydrogen-bond donors (Lipinski definition) is 2. The Kier molecular flexibility index (Phi) is 4.78. The van der Waals surface area contributed by atoms with E-state index in [9.17, 15) is 12.8 Å². The summed E-state index contributed by atoms with van der Waals surface area (Å²) < 4.78 is 54.0. The molecule has 4 nitrogen and oxygen atoms in total. The van der Waals surface area contributed by atoms with E-state index in [2.05, 4.69) is 10.0 Å². The van der Waals surface area contributed by atoms with E-state index < -0.39 is 22.1 Å². The normalized spacial score (nSPS) is 23.6. The Morgan fingerprint density at radius 2 is 1.85 bits per heavy atom. The van der Waals surface area contributed by atoms with Gasteiger partial charge in [-0.3, -0.25) is 0 Å². The third-order valence-electron chi connectivity index (χ3n) is 5.72. The highest BCUT2D eigenvalue weighted by Crippen LogP contribution is 2.52. The Morgan fingerprint density at radius 3 is 2.52 bits per heavy atom. The first kappa shape index (κ1) is 18.5. The molecule has 1 aliphatic heterocycles. The monoisotopic (exact) mass is 392 g/mol. The summed E-state index contributed by atoms with van der Waals surface area (Å²) in [5.74, 6) is -0.297. The summed E-state index contributed by atoms with van der Waals surface area (Å²) in [5, 5.41) is 3.33. The molecule has 1 aliphatic carbocycles. The molecule has 2 aromatic carbocycles. The number of alkyl halides is 1. The van der Waals surface area contributed by atoms with Crippen LogP contribution in [0, 0.1) is 11.2 Å². The largest absolute Gasteiger partial charge is 0.311 e. The Labute approximate surface area is 158 Å². The molecule has 2 N–H and O–H groups in total. The molecule has 1 heterocycles. The molecule has 2 aliphatic rings. The van der Waals surface area contributed by atoms with Crippen LogP contribution in [-0.4, -0.2) is 33.1 Å². The van der Waals surface area contributed by atoms with Crippen molar-refractivity contribution in [1.29, 1.82) is 0 Å². The second kappa shape index (κ2) is 6.96. The lowest BCUT2D eigenvalue weighted by molar-refractivity contribution is 0.401. The van der Waals surface area contributed by atoms with Gasteiger partial charge >= 0.3 is 0 Å². The molecule has 1 saturated carbocycles. The first-order valence-corrected chi connectivity index (χ1v) is 10.7. The van der Waals surface area contributed by atoms with Crippen molar-refractivity contribution in [3.63, 3.8) is 0 Å². The van der Waals surface area contributed by atoms with Gasteiger partial charge in [-0.25, -0.2) is 21.9 Å². The standard InChI is InChI=1S/C20H22F2N2O2S/c21-13-27(25,26)24-19-17(23-12-20(19)9-10-20)11-15-7-4-8-16(18(15)22)14-5-2-1-3-6-14/h1-8,17,19,23-24H,9-13H2/t17-,19+/m0/s1. The number of benzene rings is 2. The van der Waals surface area contributed by atoms with Crippen LogP contribution in [0.25, 0.3) is 11.1 Å². The second-order valence-corrected chi connectivity index (χ2v) is 9.20. The molecule has 7 heteroatoms. The minimum Gasteiger partial charge on any atom is -0.311 e. The van der Waals surface area contributed by atoms with Crippen LogP contribution in [0.1, 0.15) is 18.4 Å². The molecule has 144 valence electrons. The Bertz CT molecular complexity index is 930. The number of nitrogens with one attached hydrogen (secondary N) is 2. The molecular weight excluding hydrogens is 370 g/mol. The minimum absolute atomic E-state index is 0.166. The van der Waals surface area contributed by atoms with Crippen LogP contribution in [0.2, 0.25) is 0 Å². The molecule has 1 saturated heterocycles. The van der Waals surface area contributed by atoms with Gasteiger partial charge < -0.3 is 5.32 Å². The molecule has 2 atom stereocenters. The zero-order chi connectivity index (χ0) is 19.1. The van der Waals surface area contributed by atoms with Crippen LogP contribution >= 0.6 is 0 Å². The summed E-state index contributed by atoms with van der Waals surface area (Å²) >= 11 is 0. The van der Waals surface area contributed by atoms with Crippen LogP contribution in [0.15, 0.2) is 48.5 Å². The fourth-order valence-corrected chi connectivity index (χ4v) is 4.94. The van der Waals surface area contributed by atoms with Crippen molar-refractivity contribution >= 4 is 10.0 Å². The predicted octanol–water partition coefficient (Wildman–Crippen LogP) is 3.00. The summed E-state index contributed by atoms with van der Waals surface area (Å²) in [4.78, 5) is 0. The fraction of sp³-hybridized carbons (Fsp3) is 0.400. The summed E-state index contributed by atoms with van der Waals surface area (Å²) in [6.45, 7) is 0.664. The van der Waals surface area contributed by atoms with E-state index >= 15 is 4.39 Å². The van der Waals surface area contributed by atoms with Crippen molar-refractivity contribution in [1.82, 2.24) is 10.0 Å². The number of halogens is 2. The molecule has 0 unspecified atom stereocenters. The average molecular weight is 392 g/mol. The van der Waals surface area contributed by atoms with Crippen LogP contribution in [-0.2, 0) is 16.4 Å². The van der Waals surface area contributed by atoms with Crippen molar-refractivity contribution in [3.8, 4) is 11.1 Å². The molecular formula is C20H22F2N2O2S. The number of rotatable bonds is 6. The maximum absolute atomic E-state index is 15.1. The van der Waals surface area contributed by atoms with Gasteiger partial charge in [0.1, 0.15) is 5.82 Å². The van der Waals surface area contributed by atoms with E-state index in [4.69, 9.17) is 0 Å². The van der Waals surface area contributed by atoms with E-state index in [-0.39, 0.29) is 17.3 Å². The highest BCUT2D eigenvalue weighted by Gasteiger charge is 2.57. The molecule has 4 rings (SSSR count). The van der Waals surface area contributed by atoms with Crippen LogP contribution in [0.4, 0.5) is 8.78 Å². The molecule has 0 radical (unpaired) electrons. The molecule has 0 bridgehead atoms. The maximum atomic E-state index is 15.1. The highest BCUT2D eigenvalue weighted by molar-refractivity contribution is 7.89. The zero-order valence-corrected chi connectivity index (χ0v) is 15.6. The third kappa shape index (κ3) is 3.63. The lowest BCUT2D eigenvalue weighted by atomic mass is 9.91. The third-order valence-corrected chi connectivity index (χ3v) is 6.62. The first-order chi connectivity index (χ1) is 12.9. The van der Waals surface area contributed by atoms with Crippen molar-refractivity contribution in [2.75, 3.05) is 12.6 Å². The smallest absolute Gasteiger partial charge is 0.241 e. The van der Waals surface area contributed by atoms with Gasteiger partial charge in [-0.15, -0.1) is 0 Å². The lowest BCUT2D eigenvalue weighted by Crippen LogP contribution is -2.48. The predicted molar refractivity (Wildman–Crippen MR) is 101 cm³/mol. The van der Waals surface area contributed by atoms with Gasteiger partial charge in [-0.2, -0.15) is 0 Å². The van der Waals surface area contributed by atoms with Gasteiger partial charge in [0, 0.05) is 29.6 Å². The summed E-state index contributed by atoms with van der Waals surface area (Å²) in [5.41, 5.74) is 1.68. The summed E-state index contributed by atoms with van der Waals surface area (Å²) in [6, 6.07) is 12.5. The Balaban J connectivity index is 1.60. The second-order valence-electron chi connectivity index (χ2n) is 7.52. The zero-order valence-electron chi connectivity index (χ0n) is 14.8. The topological polar surface area (TPSA) is 58.2 Å². The van der Waals surface area contributed by atoms with Crippen molar-refractivity contribution in [3.05, 3.63) is 59.9 Å². The van der Waals surface area contributed by atoms with Gasteiger partial charge in [0.2, 0.25) is 16.0 Å². The van der Waals surface area contributed by atoms with Gasteiger partial charge in [-0.1, -0.05) is 48.5 Å². The van der Waals surface area contributed by atoms with E-state index in [0.29, 0.717) is 24.1 Å². The Morgan fingerprint density at radius 1 is 1.11 bits per heavy atom. The fourth-order valence-electron chi connectivity index (χ4n) is 4.07. The minimum atomic E-state index is -3.97. The molecule has 2 fully saturated rings. The lowest BCUT2D eigenvalue weighted by Gasteiger charge is -2.25. The molecule has 27 heavy (non-hydrogen) atoms.